The van der Waals surface area contributed by atoms with Gasteiger partial charge < -0.3 is 24.8 Å². The fraction of sp³-hybridized carbons (Fsp3) is 0.259. The Morgan fingerprint density at radius 1 is 0.857 bits per heavy atom. The maximum atomic E-state index is 12.7. The van der Waals surface area contributed by atoms with Crippen molar-refractivity contribution in [2.24, 2.45) is 0 Å². The Hall–Kier alpha value is -3.65. The van der Waals surface area contributed by atoms with Crippen LogP contribution in [0.3, 0.4) is 0 Å². The lowest BCUT2D eigenvalue weighted by Crippen LogP contribution is -2.25. The van der Waals surface area contributed by atoms with Gasteiger partial charge in [-0.3, -0.25) is 9.59 Å². The lowest BCUT2D eigenvalue weighted by atomic mass is 10.2. The molecule has 0 unspecified atom stereocenters. The first-order chi connectivity index (χ1) is 17.1. The summed E-state index contributed by atoms with van der Waals surface area (Å²) in [4.78, 5) is 25.9. The zero-order chi connectivity index (χ0) is 24.9. The van der Waals surface area contributed by atoms with Crippen molar-refractivity contribution in [2.75, 3.05) is 38.4 Å². The van der Waals surface area contributed by atoms with E-state index in [4.69, 9.17) is 14.2 Å². The number of carbonyl (C=O) groups is 2. The van der Waals surface area contributed by atoms with E-state index < -0.39 is 0 Å². The smallest absolute Gasteiger partial charge is 0.252 e. The normalized spacial score (nSPS) is 10.3. The molecule has 0 bridgehead atoms. The monoisotopic (exact) mass is 494 g/mol. The van der Waals surface area contributed by atoms with E-state index in [1.165, 1.54) is 11.8 Å². The molecule has 0 fully saturated rings. The number of ether oxygens (including phenoxy) is 3. The van der Waals surface area contributed by atoms with Gasteiger partial charge in [0.25, 0.3) is 5.91 Å². The molecule has 35 heavy (non-hydrogen) atoms. The Balaban J connectivity index is 1.44. The second-order valence-electron chi connectivity index (χ2n) is 7.53. The van der Waals surface area contributed by atoms with Crippen LogP contribution in [-0.4, -0.2) is 44.9 Å². The van der Waals surface area contributed by atoms with Crippen LogP contribution in [0.2, 0.25) is 0 Å². The molecule has 0 saturated heterocycles. The van der Waals surface area contributed by atoms with Crippen LogP contribution >= 0.6 is 11.8 Å². The highest BCUT2D eigenvalue weighted by molar-refractivity contribution is 8.00. The summed E-state index contributed by atoms with van der Waals surface area (Å²) >= 11 is 1.32. The molecule has 0 saturated carbocycles. The minimum absolute atomic E-state index is 0.155. The summed E-state index contributed by atoms with van der Waals surface area (Å²) in [6.07, 6.45) is 1.64. The number of carbonyl (C=O) groups excluding carboxylic acids is 2. The molecule has 0 aliphatic carbocycles. The molecule has 3 rings (SSSR count). The number of unbranched alkanes of at least 4 members (excludes halogenated alkanes) is 1. The number of hydrogen-bond acceptors (Lipinski definition) is 6. The van der Waals surface area contributed by atoms with Gasteiger partial charge >= 0.3 is 0 Å². The summed E-state index contributed by atoms with van der Waals surface area (Å²) in [5.41, 5.74) is 1.16. The number of para-hydroxylation sites is 1. The van der Waals surface area contributed by atoms with E-state index in [2.05, 4.69) is 10.6 Å². The number of rotatable bonds is 13. The first-order valence-electron chi connectivity index (χ1n) is 11.3. The van der Waals surface area contributed by atoms with Gasteiger partial charge in [0.05, 0.1) is 32.1 Å². The summed E-state index contributed by atoms with van der Waals surface area (Å²) in [6.45, 7) is 1.15. The third-order valence-electron chi connectivity index (χ3n) is 5.03. The maximum Gasteiger partial charge on any atom is 0.252 e. The Labute approximate surface area is 210 Å². The molecule has 2 amide bonds. The van der Waals surface area contributed by atoms with Crippen molar-refractivity contribution in [3.8, 4) is 17.2 Å². The Kier molecular flexibility index (Phi) is 10.3. The zero-order valence-electron chi connectivity index (χ0n) is 19.9. The average molecular weight is 495 g/mol. The molecule has 0 aliphatic heterocycles. The molecular weight excluding hydrogens is 464 g/mol. The average Bonchev–Trinajstić information content (AvgIpc) is 2.90. The molecule has 3 aromatic rings. The zero-order valence-corrected chi connectivity index (χ0v) is 20.7. The van der Waals surface area contributed by atoms with Crippen molar-refractivity contribution in [3.05, 3.63) is 78.4 Å². The summed E-state index contributed by atoms with van der Waals surface area (Å²) in [5, 5.41) is 5.80. The molecule has 184 valence electrons. The highest BCUT2D eigenvalue weighted by Gasteiger charge is 2.13. The minimum Gasteiger partial charge on any atom is -0.494 e. The van der Waals surface area contributed by atoms with Gasteiger partial charge in [-0.25, -0.2) is 0 Å². The first kappa shape index (κ1) is 26.0. The van der Waals surface area contributed by atoms with Crippen molar-refractivity contribution < 1.29 is 23.8 Å². The summed E-state index contributed by atoms with van der Waals surface area (Å²) in [7, 11) is 3.10. The SMILES string of the molecule is COc1ccc(NC(=O)CSc2ccccc2C(=O)NCCCCOc2ccccc2)cc1OC. The second-order valence-corrected chi connectivity index (χ2v) is 8.54. The fourth-order valence-corrected chi connectivity index (χ4v) is 4.12. The third-order valence-corrected chi connectivity index (χ3v) is 6.10. The van der Waals surface area contributed by atoms with Crippen LogP contribution in [0.5, 0.6) is 17.2 Å². The number of anilines is 1. The van der Waals surface area contributed by atoms with Crippen molar-refractivity contribution in [3.63, 3.8) is 0 Å². The van der Waals surface area contributed by atoms with Gasteiger partial charge in [0.15, 0.2) is 11.5 Å². The van der Waals surface area contributed by atoms with E-state index in [1.54, 1.807) is 38.5 Å². The van der Waals surface area contributed by atoms with Gasteiger partial charge in [-0.1, -0.05) is 30.3 Å². The van der Waals surface area contributed by atoms with Crippen LogP contribution < -0.4 is 24.8 Å². The fourth-order valence-electron chi connectivity index (χ4n) is 3.27. The van der Waals surface area contributed by atoms with E-state index in [9.17, 15) is 9.59 Å². The molecule has 0 heterocycles. The lowest BCUT2D eigenvalue weighted by molar-refractivity contribution is -0.113. The predicted molar refractivity (Wildman–Crippen MR) is 139 cm³/mol. The molecular formula is C27H30N2O5S. The molecule has 0 aromatic heterocycles. The van der Waals surface area contributed by atoms with Crippen molar-refractivity contribution in [1.82, 2.24) is 5.32 Å². The largest absolute Gasteiger partial charge is 0.494 e. The number of methoxy groups -OCH3 is 2. The summed E-state index contributed by atoms with van der Waals surface area (Å²) in [5.74, 6) is 1.79. The quantitative estimate of drug-likeness (QED) is 0.256. The lowest BCUT2D eigenvalue weighted by Gasteiger charge is -2.12. The number of hydrogen-bond donors (Lipinski definition) is 2. The van der Waals surface area contributed by atoms with Crippen molar-refractivity contribution in [1.29, 1.82) is 0 Å². The molecule has 0 spiro atoms. The van der Waals surface area contributed by atoms with E-state index >= 15 is 0 Å². The third kappa shape index (κ3) is 8.26. The van der Waals surface area contributed by atoms with Crippen LogP contribution in [0.25, 0.3) is 0 Å². The standard InChI is InChI=1S/C27H30N2O5S/c1-32-23-15-14-20(18-24(23)33-2)29-26(30)19-35-25-13-7-6-12-22(25)27(31)28-16-8-9-17-34-21-10-4-3-5-11-21/h3-7,10-15,18H,8-9,16-17,19H2,1-2H3,(H,28,31)(H,29,30). The Morgan fingerprint density at radius 2 is 1.60 bits per heavy atom. The van der Waals surface area contributed by atoms with E-state index in [0.717, 1.165) is 23.5 Å². The number of nitrogens with one attached hydrogen (secondary N) is 2. The second kappa shape index (κ2) is 13.9. The van der Waals surface area contributed by atoms with Gasteiger partial charge in [0.2, 0.25) is 5.91 Å². The first-order valence-corrected chi connectivity index (χ1v) is 12.3. The molecule has 2 N–H and O–H groups in total. The van der Waals surface area contributed by atoms with Crippen LogP contribution in [0, 0.1) is 0 Å². The summed E-state index contributed by atoms with van der Waals surface area (Å²) in [6, 6.07) is 22.1. The van der Waals surface area contributed by atoms with E-state index in [-0.39, 0.29) is 17.6 Å². The van der Waals surface area contributed by atoms with E-state index in [0.29, 0.717) is 35.9 Å². The minimum atomic E-state index is -0.184. The molecule has 3 aromatic carbocycles. The van der Waals surface area contributed by atoms with Crippen molar-refractivity contribution in [2.45, 2.75) is 17.7 Å². The van der Waals surface area contributed by atoms with Crippen LogP contribution in [0.4, 0.5) is 5.69 Å². The molecule has 0 radical (unpaired) electrons. The summed E-state index contributed by atoms with van der Waals surface area (Å²) < 4.78 is 16.2. The van der Waals surface area contributed by atoms with Gasteiger partial charge in [-0.2, -0.15) is 0 Å². The van der Waals surface area contributed by atoms with Crippen LogP contribution in [0.1, 0.15) is 23.2 Å². The van der Waals surface area contributed by atoms with Gasteiger partial charge in [-0.05, 0) is 49.2 Å². The molecule has 8 heteroatoms. The number of amides is 2. The number of benzene rings is 3. The molecule has 0 aliphatic rings. The van der Waals surface area contributed by atoms with Crippen molar-refractivity contribution >= 4 is 29.3 Å². The van der Waals surface area contributed by atoms with Gasteiger partial charge in [-0.15, -0.1) is 11.8 Å². The topological polar surface area (TPSA) is 85.9 Å². The van der Waals surface area contributed by atoms with Gasteiger partial charge in [0, 0.05) is 23.2 Å². The van der Waals surface area contributed by atoms with E-state index in [1.807, 2.05) is 48.5 Å². The molecule has 0 atom stereocenters. The maximum absolute atomic E-state index is 12.7. The van der Waals surface area contributed by atoms with Crippen LogP contribution in [0.15, 0.2) is 77.7 Å². The van der Waals surface area contributed by atoms with Crippen LogP contribution in [-0.2, 0) is 4.79 Å². The number of thioether (sulfide) groups is 1. The highest BCUT2D eigenvalue weighted by atomic mass is 32.2. The highest BCUT2D eigenvalue weighted by Crippen LogP contribution is 2.30. The predicted octanol–water partition coefficient (Wildman–Crippen LogP) is 5.02. The Morgan fingerprint density at radius 3 is 2.37 bits per heavy atom. The molecule has 7 nitrogen and oxygen atoms in total. The Bertz CT molecular complexity index is 1110. The van der Waals surface area contributed by atoms with Gasteiger partial charge in [0.1, 0.15) is 5.75 Å².